The standard InChI is InChI=1S/C11H6Cl3NO2/c12-7-3-1-2-6(10(7)13)8-4-5-9(11(16)17)15(8)14/h1-5H,(H,16,17). The zero-order chi connectivity index (χ0) is 12.6. The number of hydrogen-bond donors (Lipinski definition) is 1. The van der Waals surface area contributed by atoms with Crippen molar-refractivity contribution in [3.8, 4) is 11.3 Å². The molecule has 1 N–H and O–H groups in total. The maximum absolute atomic E-state index is 10.9. The number of aromatic nitrogens is 1. The molecule has 0 fully saturated rings. The van der Waals surface area contributed by atoms with Gasteiger partial charge in [0.2, 0.25) is 0 Å². The molecule has 1 aromatic carbocycles. The molecule has 2 rings (SSSR count). The van der Waals surface area contributed by atoms with Crippen LogP contribution in [0.4, 0.5) is 0 Å². The Morgan fingerprint density at radius 1 is 1.18 bits per heavy atom. The molecule has 3 nitrogen and oxygen atoms in total. The highest BCUT2D eigenvalue weighted by atomic mass is 35.5. The number of nitrogens with zero attached hydrogens (tertiary/aromatic N) is 1. The van der Waals surface area contributed by atoms with E-state index in [4.69, 9.17) is 40.1 Å². The van der Waals surface area contributed by atoms with Crippen LogP contribution in [-0.2, 0) is 0 Å². The molecule has 0 aliphatic rings. The van der Waals surface area contributed by atoms with E-state index >= 15 is 0 Å². The first kappa shape index (κ1) is 12.3. The van der Waals surface area contributed by atoms with Crippen molar-refractivity contribution in [2.24, 2.45) is 0 Å². The van der Waals surface area contributed by atoms with E-state index in [2.05, 4.69) is 0 Å². The van der Waals surface area contributed by atoms with Crippen molar-refractivity contribution in [1.29, 1.82) is 0 Å². The number of hydrogen-bond acceptors (Lipinski definition) is 1. The Labute approximate surface area is 112 Å². The zero-order valence-corrected chi connectivity index (χ0v) is 10.6. The van der Waals surface area contributed by atoms with Crippen LogP contribution in [0.25, 0.3) is 11.3 Å². The molecule has 0 bridgehead atoms. The zero-order valence-electron chi connectivity index (χ0n) is 8.32. The average Bonchev–Trinajstić information content (AvgIpc) is 2.64. The molecule has 0 aliphatic carbocycles. The first-order valence-corrected chi connectivity index (χ1v) is 5.67. The minimum Gasteiger partial charge on any atom is -0.477 e. The lowest BCUT2D eigenvalue weighted by Gasteiger charge is -2.06. The van der Waals surface area contributed by atoms with E-state index in [1.807, 2.05) is 0 Å². The Morgan fingerprint density at radius 2 is 1.88 bits per heavy atom. The van der Waals surface area contributed by atoms with Crippen molar-refractivity contribution in [3.63, 3.8) is 0 Å². The Balaban J connectivity index is 2.62. The van der Waals surface area contributed by atoms with Gasteiger partial charge in [-0.1, -0.05) is 35.3 Å². The molecule has 0 saturated carbocycles. The molecule has 0 aliphatic heterocycles. The largest absolute Gasteiger partial charge is 0.477 e. The second-order valence-corrected chi connectivity index (χ2v) is 4.41. The molecular weight excluding hydrogens is 284 g/mol. The molecular formula is C11H6Cl3NO2. The second-order valence-electron chi connectivity index (χ2n) is 3.29. The molecule has 1 heterocycles. The SMILES string of the molecule is O=C(O)c1ccc(-c2cccc(Cl)c2Cl)n1Cl. The molecule has 0 saturated heterocycles. The maximum Gasteiger partial charge on any atom is 0.353 e. The lowest BCUT2D eigenvalue weighted by molar-refractivity contribution is 0.0690. The van der Waals surface area contributed by atoms with Crippen molar-refractivity contribution < 1.29 is 9.90 Å². The molecule has 0 amide bonds. The summed E-state index contributed by atoms with van der Waals surface area (Å²) in [6.07, 6.45) is 0. The fourth-order valence-corrected chi connectivity index (χ4v) is 2.14. The van der Waals surface area contributed by atoms with E-state index in [0.29, 0.717) is 21.3 Å². The summed E-state index contributed by atoms with van der Waals surface area (Å²) in [6, 6.07) is 8.06. The van der Waals surface area contributed by atoms with Crippen LogP contribution in [0.3, 0.4) is 0 Å². The van der Waals surface area contributed by atoms with Crippen molar-refractivity contribution >= 4 is 40.9 Å². The smallest absolute Gasteiger partial charge is 0.353 e. The minimum atomic E-state index is -1.11. The Hall–Kier alpha value is -1.16. The Bertz CT molecular complexity index is 592. The molecule has 0 unspecified atom stereocenters. The van der Waals surface area contributed by atoms with E-state index in [1.165, 1.54) is 6.07 Å². The van der Waals surface area contributed by atoms with Gasteiger partial charge in [-0.25, -0.2) is 8.88 Å². The number of carboxylic acid groups (broad SMARTS) is 1. The maximum atomic E-state index is 10.9. The highest BCUT2D eigenvalue weighted by Gasteiger charge is 2.16. The number of carboxylic acids is 1. The van der Waals surface area contributed by atoms with Gasteiger partial charge >= 0.3 is 5.97 Å². The number of benzene rings is 1. The van der Waals surface area contributed by atoms with Gasteiger partial charge in [0.15, 0.2) is 0 Å². The summed E-state index contributed by atoms with van der Waals surface area (Å²) in [5, 5.41) is 9.61. The Kier molecular flexibility index (Phi) is 3.33. The molecule has 1 aromatic heterocycles. The van der Waals surface area contributed by atoms with Gasteiger partial charge in [-0.15, -0.1) is 0 Å². The van der Waals surface area contributed by atoms with Gasteiger partial charge in [-0.05, 0) is 18.2 Å². The van der Waals surface area contributed by atoms with E-state index in [9.17, 15) is 4.79 Å². The molecule has 17 heavy (non-hydrogen) atoms. The van der Waals surface area contributed by atoms with Crippen molar-refractivity contribution in [2.75, 3.05) is 0 Å². The van der Waals surface area contributed by atoms with Gasteiger partial charge in [0, 0.05) is 17.3 Å². The third kappa shape index (κ3) is 2.14. The van der Waals surface area contributed by atoms with Crippen molar-refractivity contribution in [1.82, 2.24) is 4.09 Å². The van der Waals surface area contributed by atoms with Gasteiger partial charge in [-0.3, -0.25) is 0 Å². The molecule has 0 atom stereocenters. The number of rotatable bonds is 2. The highest BCUT2D eigenvalue weighted by molar-refractivity contribution is 6.43. The quantitative estimate of drug-likeness (QED) is 0.902. The molecule has 2 aromatic rings. The third-order valence-corrected chi connectivity index (χ3v) is 3.45. The van der Waals surface area contributed by atoms with Crippen molar-refractivity contribution in [3.05, 3.63) is 46.1 Å². The predicted molar refractivity (Wildman–Crippen MR) is 68.1 cm³/mol. The monoisotopic (exact) mass is 289 g/mol. The van der Waals surface area contributed by atoms with E-state index in [0.717, 1.165) is 4.09 Å². The lowest BCUT2D eigenvalue weighted by Crippen LogP contribution is -2.01. The van der Waals surface area contributed by atoms with Gasteiger partial charge in [0.05, 0.1) is 15.7 Å². The normalized spacial score (nSPS) is 10.5. The van der Waals surface area contributed by atoms with E-state index < -0.39 is 5.97 Å². The van der Waals surface area contributed by atoms with Gasteiger partial charge in [0.1, 0.15) is 5.69 Å². The number of aromatic carboxylic acids is 1. The van der Waals surface area contributed by atoms with Crippen molar-refractivity contribution in [2.45, 2.75) is 0 Å². The second kappa shape index (κ2) is 4.61. The summed E-state index contributed by atoms with van der Waals surface area (Å²) in [7, 11) is 0. The fourth-order valence-electron chi connectivity index (χ4n) is 1.47. The van der Waals surface area contributed by atoms with Crippen LogP contribution in [-0.4, -0.2) is 15.2 Å². The lowest BCUT2D eigenvalue weighted by atomic mass is 10.1. The topological polar surface area (TPSA) is 42.2 Å². The van der Waals surface area contributed by atoms with Crippen LogP contribution in [0.1, 0.15) is 10.5 Å². The van der Waals surface area contributed by atoms with E-state index in [1.54, 1.807) is 24.3 Å². The van der Waals surface area contributed by atoms with Crippen LogP contribution in [0.15, 0.2) is 30.3 Å². The predicted octanol–water partition coefficient (Wildman–Crippen LogP) is 4.16. The third-order valence-electron chi connectivity index (χ3n) is 2.27. The summed E-state index contributed by atoms with van der Waals surface area (Å²) in [4.78, 5) is 10.9. The van der Waals surface area contributed by atoms with Gasteiger partial charge in [-0.2, -0.15) is 0 Å². The van der Waals surface area contributed by atoms with Gasteiger partial charge in [0.25, 0.3) is 0 Å². The van der Waals surface area contributed by atoms with Crippen LogP contribution in [0.2, 0.25) is 10.0 Å². The van der Waals surface area contributed by atoms with Crippen LogP contribution in [0.5, 0.6) is 0 Å². The number of carbonyl (C=O) groups is 1. The van der Waals surface area contributed by atoms with Crippen LogP contribution < -0.4 is 0 Å². The van der Waals surface area contributed by atoms with Crippen LogP contribution >= 0.6 is 35.0 Å². The molecule has 88 valence electrons. The first-order chi connectivity index (χ1) is 8.02. The average molecular weight is 291 g/mol. The van der Waals surface area contributed by atoms with E-state index in [-0.39, 0.29) is 5.69 Å². The highest BCUT2D eigenvalue weighted by Crippen LogP contribution is 2.34. The van der Waals surface area contributed by atoms with Gasteiger partial charge < -0.3 is 5.11 Å². The molecule has 0 radical (unpaired) electrons. The first-order valence-electron chi connectivity index (χ1n) is 4.58. The molecule has 6 heteroatoms. The van der Waals surface area contributed by atoms with Crippen LogP contribution in [0, 0.1) is 0 Å². The summed E-state index contributed by atoms with van der Waals surface area (Å²) in [5.41, 5.74) is 1.04. The summed E-state index contributed by atoms with van der Waals surface area (Å²) < 4.78 is 1.04. The number of halogens is 3. The fraction of sp³-hybridized carbons (Fsp3) is 0. The summed E-state index contributed by atoms with van der Waals surface area (Å²) in [6.45, 7) is 0. The summed E-state index contributed by atoms with van der Waals surface area (Å²) >= 11 is 17.8. The Morgan fingerprint density at radius 3 is 2.47 bits per heavy atom. The molecule has 0 spiro atoms. The summed E-state index contributed by atoms with van der Waals surface area (Å²) in [5.74, 6) is -1.11. The minimum absolute atomic E-state index is 0.0299.